The first kappa shape index (κ1) is 20.7. The fourth-order valence-electron chi connectivity index (χ4n) is 2.57. The summed E-state index contributed by atoms with van der Waals surface area (Å²) in [5, 5.41) is 13.3. The van der Waals surface area contributed by atoms with Gasteiger partial charge in [0.1, 0.15) is 27.6 Å². The summed E-state index contributed by atoms with van der Waals surface area (Å²) in [7, 11) is 1.30. The number of nitriles is 1. The van der Waals surface area contributed by atoms with Crippen molar-refractivity contribution in [1.29, 1.82) is 5.26 Å². The number of thiophene rings is 1. The van der Waals surface area contributed by atoms with E-state index in [9.17, 15) is 14.9 Å². The van der Waals surface area contributed by atoms with Crippen LogP contribution in [0.2, 0.25) is 5.02 Å². The van der Waals surface area contributed by atoms with Crippen molar-refractivity contribution in [2.24, 2.45) is 5.92 Å². The van der Waals surface area contributed by atoms with E-state index in [1.165, 1.54) is 13.2 Å². The second kappa shape index (κ2) is 8.89. The van der Waals surface area contributed by atoms with Crippen LogP contribution >= 0.6 is 22.9 Å². The maximum absolute atomic E-state index is 12.8. The number of carbonyl (C=O) groups is 2. The minimum Gasteiger partial charge on any atom is -0.467 e. The number of nitrogens with zero attached hydrogens (tertiary/aromatic N) is 1. The largest absolute Gasteiger partial charge is 0.467 e. The summed E-state index contributed by atoms with van der Waals surface area (Å²) in [5.74, 6) is -0.553. The van der Waals surface area contributed by atoms with Crippen LogP contribution in [0, 0.1) is 17.2 Å². The zero-order chi connectivity index (χ0) is 20.1. The highest BCUT2D eigenvalue weighted by Crippen LogP contribution is 2.37. The standard InChI is InChI=1S/C19H20ClN3O3S/c1-10(2)7-14(19(25)26-3)23-18-13(9-21)15(22)17(27-18)16(24)11-5-4-6-12(20)8-11/h4-6,8,10,14,23H,7,22H2,1-3H3. The smallest absolute Gasteiger partial charge is 0.328 e. The Morgan fingerprint density at radius 1 is 1.41 bits per heavy atom. The maximum atomic E-state index is 12.8. The molecule has 0 radical (unpaired) electrons. The van der Waals surface area contributed by atoms with Crippen LogP contribution in [0.3, 0.4) is 0 Å². The van der Waals surface area contributed by atoms with Crippen LogP contribution in [0.15, 0.2) is 24.3 Å². The molecule has 0 fully saturated rings. The minimum absolute atomic E-state index is 0.0862. The van der Waals surface area contributed by atoms with Crippen LogP contribution in [0.5, 0.6) is 0 Å². The number of halogens is 1. The third-order valence-electron chi connectivity index (χ3n) is 3.85. The number of nitrogen functional groups attached to an aromatic ring is 1. The van der Waals surface area contributed by atoms with E-state index in [1.807, 2.05) is 19.9 Å². The Hall–Kier alpha value is -2.56. The van der Waals surface area contributed by atoms with Gasteiger partial charge in [0.05, 0.1) is 12.8 Å². The first-order valence-electron chi connectivity index (χ1n) is 8.25. The second-order valence-electron chi connectivity index (χ2n) is 6.35. The molecule has 1 atom stereocenters. The molecular weight excluding hydrogens is 386 g/mol. The van der Waals surface area contributed by atoms with Crippen LogP contribution in [-0.4, -0.2) is 24.9 Å². The van der Waals surface area contributed by atoms with Crippen LogP contribution in [0.1, 0.15) is 41.1 Å². The van der Waals surface area contributed by atoms with Crippen molar-refractivity contribution in [3.8, 4) is 6.07 Å². The summed E-state index contributed by atoms with van der Waals surface area (Å²) in [6, 6.07) is 7.86. The van der Waals surface area contributed by atoms with Gasteiger partial charge >= 0.3 is 5.97 Å². The summed E-state index contributed by atoms with van der Waals surface area (Å²) in [6.07, 6.45) is 0.507. The molecule has 1 heterocycles. The molecule has 0 aliphatic carbocycles. The molecule has 8 heteroatoms. The Balaban J connectivity index is 2.41. The molecule has 2 rings (SSSR count). The number of benzene rings is 1. The third kappa shape index (κ3) is 4.79. The third-order valence-corrected chi connectivity index (χ3v) is 5.22. The number of hydrogen-bond donors (Lipinski definition) is 2. The monoisotopic (exact) mass is 405 g/mol. The van der Waals surface area contributed by atoms with Gasteiger partial charge in [-0.1, -0.05) is 37.6 Å². The number of esters is 1. The number of ketones is 1. The molecule has 27 heavy (non-hydrogen) atoms. The van der Waals surface area contributed by atoms with Crippen molar-refractivity contribution >= 4 is 45.4 Å². The first-order chi connectivity index (χ1) is 12.8. The van der Waals surface area contributed by atoms with Gasteiger partial charge in [0.25, 0.3) is 0 Å². The Labute approximate surface area is 166 Å². The normalized spacial score (nSPS) is 11.7. The molecule has 6 nitrogen and oxygen atoms in total. The summed E-state index contributed by atoms with van der Waals surface area (Å²) in [6.45, 7) is 3.94. The lowest BCUT2D eigenvalue weighted by Gasteiger charge is -2.18. The van der Waals surface area contributed by atoms with Gasteiger partial charge in [-0.3, -0.25) is 4.79 Å². The van der Waals surface area contributed by atoms with Gasteiger partial charge in [-0.05, 0) is 24.5 Å². The Morgan fingerprint density at radius 2 is 2.11 bits per heavy atom. The van der Waals surface area contributed by atoms with Crippen molar-refractivity contribution in [2.45, 2.75) is 26.3 Å². The van der Waals surface area contributed by atoms with Gasteiger partial charge in [0.15, 0.2) is 0 Å². The van der Waals surface area contributed by atoms with Crippen LogP contribution in [0.4, 0.5) is 10.7 Å². The molecule has 1 aromatic carbocycles. The first-order valence-corrected chi connectivity index (χ1v) is 9.44. The molecule has 2 aromatic rings. The van der Waals surface area contributed by atoms with Crippen LogP contribution in [-0.2, 0) is 9.53 Å². The lowest BCUT2D eigenvalue weighted by molar-refractivity contribution is -0.141. The Kier molecular flexibility index (Phi) is 6.83. The van der Waals surface area contributed by atoms with Gasteiger partial charge in [-0.25, -0.2) is 4.79 Å². The number of carbonyl (C=O) groups excluding carboxylic acids is 2. The van der Waals surface area contributed by atoms with E-state index in [-0.39, 0.29) is 27.8 Å². The van der Waals surface area contributed by atoms with E-state index in [1.54, 1.807) is 18.2 Å². The van der Waals surface area contributed by atoms with Crippen LogP contribution in [0.25, 0.3) is 0 Å². The van der Waals surface area contributed by atoms with Crippen molar-refractivity contribution in [2.75, 3.05) is 18.2 Å². The predicted octanol–water partition coefficient (Wildman–Crippen LogP) is 4.09. The van der Waals surface area contributed by atoms with Gasteiger partial charge in [-0.2, -0.15) is 5.26 Å². The topological polar surface area (TPSA) is 105 Å². The highest BCUT2D eigenvalue weighted by Gasteiger charge is 2.27. The zero-order valence-electron chi connectivity index (χ0n) is 15.2. The Morgan fingerprint density at radius 3 is 2.67 bits per heavy atom. The summed E-state index contributed by atoms with van der Waals surface area (Å²) in [5.41, 5.74) is 6.66. The average molecular weight is 406 g/mol. The highest BCUT2D eigenvalue weighted by atomic mass is 35.5. The minimum atomic E-state index is -0.644. The molecule has 0 aliphatic heterocycles. The average Bonchev–Trinajstić information content (AvgIpc) is 2.94. The maximum Gasteiger partial charge on any atom is 0.328 e. The lowest BCUT2D eigenvalue weighted by atomic mass is 10.0. The molecule has 0 spiro atoms. The quantitative estimate of drug-likeness (QED) is 0.531. The number of anilines is 2. The number of nitrogens with one attached hydrogen (secondary N) is 1. The Bertz CT molecular complexity index is 902. The van der Waals surface area contributed by atoms with Crippen LogP contribution < -0.4 is 11.1 Å². The molecule has 0 amide bonds. The molecule has 1 aromatic heterocycles. The van der Waals surface area contributed by atoms with E-state index in [0.717, 1.165) is 11.3 Å². The molecule has 0 saturated carbocycles. The predicted molar refractivity (Wildman–Crippen MR) is 107 cm³/mol. The fourth-order valence-corrected chi connectivity index (χ4v) is 3.85. The van der Waals surface area contributed by atoms with E-state index >= 15 is 0 Å². The van der Waals surface area contributed by atoms with E-state index < -0.39 is 12.0 Å². The number of methoxy groups -OCH3 is 1. The lowest BCUT2D eigenvalue weighted by Crippen LogP contribution is -2.32. The fraction of sp³-hybridized carbons (Fsp3) is 0.316. The second-order valence-corrected chi connectivity index (χ2v) is 7.81. The molecule has 0 bridgehead atoms. The van der Waals surface area contributed by atoms with E-state index in [4.69, 9.17) is 22.1 Å². The molecule has 0 saturated heterocycles. The van der Waals surface area contributed by atoms with Crippen molar-refractivity contribution in [1.82, 2.24) is 0 Å². The van der Waals surface area contributed by atoms with Crippen molar-refractivity contribution < 1.29 is 14.3 Å². The van der Waals surface area contributed by atoms with Crippen molar-refractivity contribution in [3.63, 3.8) is 0 Å². The SMILES string of the molecule is COC(=O)C(CC(C)C)Nc1sc(C(=O)c2cccc(Cl)c2)c(N)c1C#N. The molecule has 142 valence electrons. The molecule has 0 aliphatic rings. The summed E-state index contributed by atoms with van der Waals surface area (Å²) in [4.78, 5) is 25.1. The number of rotatable bonds is 7. The molecule has 1 unspecified atom stereocenters. The summed E-state index contributed by atoms with van der Waals surface area (Å²) >= 11 is 7.00. The van der Waals surface area contributed by atoms with E-state index in [2.05, 4.69) is 5.32 Å². The number of nitrogens with two attached hydrogens (primary N) is 1. The highest BCUT2D eigenvalue weighted by molar-refractivity contribution is 7.19. The van der Waals surface area contributed by atoms with E-state index in [0.29, 0.717) is 22.0 Å². The van der Waals surface area contributed by atoms with Gasteiger partial charge < -0.3 is 15.8 Å². The number of ether oxygens (including phenoxy) is 1. The zero-order valence-corrected chi connectivity index (χ0v) is 16.8. The van der Waals surface area contributed by atoms with Crippen molar-refractivity contribution in [3.05, 3.63) is 45.3 Å². The van der Waals surface area contributed by atoms with Gasteiger partial charge in [0, 0.05) is 10.6 Å². The van der Waals surface area contributed by atoms with Gasteiger partial charge in [-0.15, -0.1) is 11.3 Å². The summed E-state index contributed by atoms with van der Waals surface area (Å²) < 4.78 is 4.83. The number of hydrogen-bond acceptors (Lipinski definition) is 7. The molecule has 3 N–H and O–H groups in total. The molecular formula is C19H20ClN3O3S. The van der Waals surface area contributed by atoms with Gasteiger partial charge in [0.2, 0.25) is 5.78 Å².